The minimum absolute atomic E-state index is 0. The van der Waals surface area contributed by atoms with Crippen LogP contribution in [0.1, 0.15) is 31.4 Å². The third-order valence-electron chi connectivity index (χ3n) is 4.98. The third kappa shape index (κ3) is 3.91. The van der Waals surface area contributed by atoms with Crippen LogP contribution in [0.5, 0.6) is 0 Å². The molecule has 0 bridgehead atoms. The highest BCUT2D eigenvalue weighted by atomic mass is 127. The number of hydrogen-bond acceptors (Lipinski definition) is 1. The summed E-state index contributed by atoms with van der Waals surface area (Å²) in [4.78, 5) is 6.58. The number of hydrogen-bond donors (Lipinski definition) is 1. The van der Waals surface area contributed by atoms with Crippen LogP contribution in [-0.2, 0) is 13.6 Å². The van der Waals surface area contributed by atoms with Crippen LogP contribution in [0.15, 0.2) is 17.3 Å². The first-order chi connectivity index (χ1) is 10.0. The Balaban J connectivity index is 0.00000176. The van der Waals surface area contributed by atoms with Crippen molar-refractivity contribution in [1.82, 2.24) is 14.8 Å². The molecule has 2 fully saturated rings. The molecule has 2 saturated carbocycles. The predicted octanol–water partition coefficient (Wildman–Crippen LogP) is 3.49. The highest BCUT2D eigenvalue weighted by Gasteiger charge is 2.53. The average molecular weight is 437 g/mol. The number of halogens is 2. The van der Waals surface area contributed by atoms with Crippen molar-refractivity contribution in [2.75, 3.05) is 20.6 Å². The summed E-state index contributed by atoms with van der Waals surface area (Å²) in [5.74, 6) is 1.94. The molecule has 6 heteroatoms. The van der Waals surface area contributed by atoms with E-state index in [1.165, 1.54) is 31.4 Å². The normalized spacial score (nSPS) is 19.5. The lowest BCUT2D eigenvalue weighted by molar-refractivity contribution is 0.406. The molecule has 4 nitrogen and oxygen atoms in total. The van der Waals surface area contributed by atoms with E-state index < -0.39 is 0 Å². The quantitative estimate of drug-likeness (QED) is 0.435. The molecule has 0 radical (unpaired) electrons. The van der Waals surface area contributed by atoms with Gasteiger partial charge in [0.25, 0.3) is 0 Å². The van der Waals surface area contributed by atoms with E-state index in [0.717, 1.165) is 30.0 Å². The first-order valence-electron chi connectivity index (χ1n) is 7.76. The Labute approximate surface area is 155 Å². The van der Waals surface area contributed by atoms with Gasteiger partial charge in [0.05, 0.1) is 11.6 Å². The Morgan fingerprint density at radius 3 is 2.64 bits per heavy atom. The van der Waals surface area contributed by atoms with Crippen molar-refractivity contribution in [3.8, 4) is 0 Å². The molecule has 0 aliphatic heterocycles. The van der Waals surface area contributed by atoms with Crippen LogP contribution in [0.25, 0.3) is 0 Å². The van der Waals surface area contributed by atoms with Crippen LogP contribution >= 0.6 is 35.6 Å². The number of aryl methyl sites for hydroxylation is 1. The SMILES string of the molecule is CN=C(NCC1(C2CC2)CC1)N(C)Cc1cc(Cl)cn1C.I. The van der Waals surface area contributed by atoms with E-state index in [1.807, 2.05) is 26.4 Å². The summed E-state index contributed by atoms with van der Waals surface area (Å²) < 4.78 is 2.07. The predicted molar refractivity (Wildman–Crippen MR) is 103 cm³/mol. The number of rotatable bonds is 5. The molecular formula is C16H26ClIN4. The molecule has 0 spiro atoms. The largest absolute Gasteiger partial charge is 0.356 e. The number of aromatic nitrogens is 1. The molecule has 0 unspecified atom stereocenters. The van der Waals surface area contributed by atoms with E-state index in [4.69, 9.17) is 11.6 Å². The van der Waals surface area contributed by atoms with Gasteiger partial charge in [0.2, 0.25) is 0 Å². The monoisotopic (exact) mass is 436 g/mol. The minimum atomic E-state index is 0. The third-order valence-corrected chi connectivity index (χ3v) is 5.19. The lowest BCUT2D eigenvalue weighted by Crippen LogP contribution is -2.41. The molecule has 0 amide bonds. The van der Waals surface area contributed by atoms with Crippen LogP contribution < -0.4 is 5.32 Å². The molecule has 124 valence electrons. The Morgan fingerprint density at radius 1 is 1.50 bits per heavy atom. The summed E-state index contributed by atoms with van der Waals surface area (Å²) in [5, 5.41) is 4.36. The molecule has 1 N–H and O–H groups in total. The summed E-state index contributed by atoms with van der Waals surface area (Å²) in [6.45, 7) is 1.88. The van der Waals surface area contributed by atoms with Crippen molar-refractivity contribution >= 4 is 41.5 Å². The van der Waals surface area contributed by atoms with Gasteiger partial charge >= 0.3 is 0 Å². The van der Waals surface area contributed by atoms with Gasteiger partial charge in [-0.1, -0.05) is 11.6 Å². The Bertz CT molecular complexity index is 546. The van der Waals surface area contributed by atoms with Gasteiger partial charge in [0.1, 0.15) is 0 Å². The van der Waals surface area contributed by atoms with Gasteiger partial charge in [0.15, 0.2) is 5.96 Å². The molecule has 22 heavy (non-hydrogen) atoms. The van der Waals surface area contributed by atoms with Crippen molar-refractivity contribution in [2.24, 2.45) is 23.4 Å². The first kappa shape index (κ1) is 17.9. The maximum atomic E-state index is 6.05. The van der Waals surface area contributed by atoms with Crippen molar-refractivity contribution in [3.05, 3.63) is 23.0 Å². The summed E-state index contributed by atoms with van der Waals surface area (Å²) >= 11 is 6.05. The van der Waals surface area contributed by atoms with E-state index in [2.05, 4.69) is 26.8 Å². The van der Waals surface area contributed by atoms with E-state index in [9.17, 15) is 0 Å². The van der Waals surface area contributed by atoms with Crippen LogP contribution in [0.3, 0.4) is 0 Å². The Hall–Kier alpha value is -0.430. The molecule has 1 heterocycles. The van der Waals surface area contributed by atoms with Gasteiger partial charge in [-0.3, -0.25) is 4.99 Å². The standard InChI is InChI=1S/C16H25ClN4.HI/c1-18-15(19-11-16(6-7-16)12-4-5-12)21(3)10-14-8-13(17)9-20(14)2;/h8-9,12H,4-7,10-11H2,1-3H3,(H,18,19);1H. The zero-order valence-corrected chi connectivity index (χ0v) is 16.7. The lowest BCUT2D eigenvalue weighted by atomic mass is 10.0. The second kappa shape index (κ2) is 6.99. The number of nitrogens with one attached hydrogen (secondary N) is 1. The molecule has 2 aliphatic rings. The van der Waals surface area contributed by atoms with Gasteiger partial charge < -0.3 is 14.8 Å². The van der Waals surface area contributed by atoms with E-state index in [1.54, 1.807) is 0 Å². The molecular weight excluding hydrogens is 411 g/mol. The smallest absolute Gasteiger partial charge is 0.193 e. The molecule has 3 rings (SSSR count). The van der Waals surface area contributed by atoms with Crippen LogP contribution in [0.4, 0.5) is 0 Å². The number of nitrogens with zero attached hydrogens (tertiary/aromatic N) is 3. The van der Waals surface area contributed by atoms with E-state index in [0.29, 0.717) is 5.41 Å². The topological polar surface area (TPSA) is 32.6 Å². The summed E-state index contributed by atoms with van der Waals surface area (Å²) in [7, 11) is 5.96. The van der Waals surface area contributed by atoms with Crippen molar-refractivity contribution in [3.63, 3.8) is 0 Å². The van der Waals surface area contributed by atoms with E-state index >= 15 is 0 Å². The zero-order chi connectivity index (χ0) is 15.0. The highest BCUT2D eigenvalue weighted by Crippen LogP contribution is 2.60. The van der Waals surface area contributed by atoms with Crippen molar-refractivity contribution < 1.29 is 0 Å². The molecule has 0 aromatic carbocycles. The van der Waals surface area contributed by atoms with Crippen LogP contribution in [0.2, 0.25) is 5.02 Å². The second-order valence-electron chi connectivity index (χ2n) is 6.65. The summed E-state index contributed by atoms with van der Waals surface area (Å²) in [5.41, 5.74) is 1.78. The lowest BCUT2D eigenvalue weighted by Gasteiger charge is -2.24. The minimum Gasteiger partial charge on any atom is -0.356 e. The number of aliphatic imine (C=N–C) groups is 1. The summed E-state index contributed by atoms with van der Waals surface area (Å²) in [6.07, 6.45) is 7.57. The molecule has 0 atom stereocenters. The first-order valence-corrected chi connectivity index (χ1v) is 8.14. The maximum absolute atomic E-state index is 6.05. The fourth-order valence-corrected chi connectivity index (χ4v) is 3.54. The van der Waals surface area contributed by atoms with Crippen LogP contribution in [0, 0.1) is 11.3 Å². The van der Waals surface area contributed by atoms with Gasteiger partial charge in [0, 0.05) is 39.6 Å². The fraction of sp³-hybridized carbons (Fsp3) is 0.688. The average Bonchev–Trinajstić information content (AvgIpc) is 3.32. The van der Waals surface area contributed by atoms with Crippen molar-refractivity contribution in [1.29, 1.82) is 0 Å². The van der Waals surface area contributed by atoms with Gasteiger partial charge in [-0.15, -0.1) is 24.0 Å². The fourth-order valence-electron chi connectivity index (χ4n) is 3.27. The van der Waals surface area contributed by atoms with Gasteiger partial charge in [-0.25, -0.2) is 0 Å². The molecule has 0 saturated heterocycles. The van der Waals surface area contributed by atoms with Gasteiger partial charge in [-0.05, 0) is 43.1 Å². The van der Waals surface area contributed by atoms with Crippen molar-refractivity contribution in [2.45, 2.75) is 32.2 Å². The number of guanidine groups is 1. The molecule has 1 aromatic rings. The molecule has 2 aliphatic carbocycles. The second-order valence-corrected chi connectivity index (χ2v) is 7.09. The zero-order valence-electron chi connectivity index (χ0n) is 13.6. The Morgan fingerprint density at radius 2 is 2.18 bits per heavy atom. The van der Waals surface area contributed by atoms with E-state index in [-0.39, 0.29) is 24.0 Å². The summed E-state index contributed by atoms with van der Waals surface area (Å²) in [6, 6.07) is 2.01. The van der Waals surface area contributed by atoms with Gasteiger partial charge in [-0.2, -0.15) is 0 Å². The molecule has 1 aromatic heterocycles. The Kier molecular flexibility index (Phi) is 5.69. The highest BCUT2D eigenvalue weighted by molar-refractivity contribution is 14.0. The maximum Gasteiger partial charge on any atom is 0.193 e. The van der Waals surface area contributed by atoms with Crippen LogP contribution in [-0.4, -0.2) is 36.1 Å².